The first kappa shape index (κ1) is 13.5. The largest absolute Gasteiger partial charge is 0.462 e. The normalized spacial score (nSPS) is 10.9. The molecular weight excluding hydrogens is 244 g/mol. The monoisotopic (exact) mass is 258 g/mol. The molecule has 0 bridgehead atoms. The highest BCUT2D eigenvalue weighted by Crippen LogP contribution is 2.11. The zero-order chi connectivity index (χ0) is 12.9. The average molecular weight is 258 g/mol. The molecule has 0 radical (unpaired) electrons. The molecular formula is C10H14N2O4S. The lowest BCUT2D eigenvalue weighted by molar-refractivity contribution is 0.0505. The Hall–Kier alpha value is -1.60. The van der Waals surface area contributed by atoms with Gasteiger partial charge in [0.15, 0.2) is 0 Å². The van der Waals surface area contributed by atoms with Crippen molar-refractivity contribution >= 4 is 21.9 Å². The molecule has 0 heterocycles. The maximum Gasteiger partial charge on any atom is 0.338 e. The molecule has 1 rings (SSSR count). The maximum absolute atomic E-state index is 11.4. The van der Waals surface area contributed by atoms with Crippen molar-refractivity contribution in [3.63, 3.8) is 0 Å². The van der Waals surface area contributed by atoms with Crippen LogP contribution in [-0.4, -0.2) is 21.0 Å². The van der Waals surface area contributed by atoms with E-state index in [1.807, 2.05) is 6.92 Å². The van der Waals surface area contributed by atoms with Crippen LogP contribution in [0.25, 0.3) is 0 Å². The molecule has 0 saturated heterocycles. The van der Waals surface area contributed by atoms with Gasteiger partial charge in [0.25, 0.3) is 10.2 Å². The fourth-order valence-corrected chi connectivity index (χ4v) is 1.58. The van der Waals surface area contributed by atoms with Gasteiger partial charge in [-0.2, -0.15) is 8.42 Å². The van der Waals surface area contributed by atoms with Crippen LogP contribution < -0.4 is 9.86 Å². The zero-order valence-electron chi connectivity index (χ0n) is 9.34. The van der Waals surface area contributed by atoms with E-state index in [1.165, 1.54) is 24.3 Å². The Morgan fingerprint density at radius 3 is 2.41 bits per heavy atom. The molecule has 0 spiro atoms. The van der Waals surface area contributed by atoms with Crippen LogP contribution in [0, 0.1) is 0 Å². The lowest BCUT2D eigenvalue weighted by Gasteiger charge is -2.05. The number of carbonyl (C=O) groups excluding carboxylic acids is 1. The van der Waals surface area contributed by atoms with E-state index < -0.39 is 16.2 Å². The standard InChI is InChI=1S/C10H14N2O4S/c1-2-7-16-10(13)8-3-5-9(6-4-8)12-17(11,14)15/h3-6,12H,2,7H2,1H3,(H2,11,14,15). The van der Waals surface area contributed by atoms with Crippen molar-refractivity contribution in [2.45, 2.75) is 13.3 Å². The molecule has 1 aromatic carbocycles. The molecule has 0 saturated carbocycles. The maximum atomic E-state index is 11.4. The number of hydrogen-bond donors (Lipinski definition) is 2. The minimum absolute atomic E-state index is 0.291. The summed E-state index contributed by atoms with van der Waals surface area (Å²) in [5.74, 6) is -0.436. The van der Waals surface area contributed by atoms with Crippen LogP contribution in [0.1, 0.15) is 23.7 Å². The number of nitrogens with two attached hydrogens (primary N) is 1. The van der Waals surface area contributed by atoms with Gasteiger partial charge in [0, 0.05) is 5.69 Å². The number of anilines is 1. The van der Waals surface area contributed by atoms with Gasteiger partial charge < -0.3 is 4.74 Å². The molecule has 0 unspecified atom stereocenters. The fourth-order valence-electron chi connectivity index (χ4n) is 1.12. The topological polar surface area (TPSA) is 98.5 Å². The summed E-state index contributed by atoms with van der Waals surface area (Å²) in [7, 11) is -3.79. The van der Waals surface area contributed by atoms with Gasteiger partial charge in [0.1, 0.15) is 0 Å². The van der Waals surface area contributed by atoms with Crippen molar-refractivity contribution in [2.24, 2.45) is 5.14 Å². The average Bonchev–Trinajstić information content (AvgIpc) is 2.24. The van der Waals surface area contributed by atoms with E-state index in [1.54, 1.807) is 0 Å². The van der Waals surface area contributed by atoms with E-state index in [0.29, 0.717) is 17.9 Å². The van der Waals surface area contributed by atoms with E-state index in [4.69, 9.17) is 9.88 Å². The highest BCUT2D eigenvalue weighted by Gasteiger charge is 2.07. The van der Waals surface area contributed by atoms with Crippen LogP contribution in [0.15, 0.2) is 24.3 Å². The number of benzene rings is 1. The van der Waals surface area contributed by atoms with Crippen LogP contribution >= 0.6 is 0 Å². The molecule has 94 valence electrons. The first-order chi connectivity index (χ1) is 7.92. The minimum Gasteiger partial charge on any atom is -0.462 e. The van der Waals surface area contributed by atoms with Gasteiger partial charge in [0.05, 0.1) is 12.2 Å². The van der Waals surface area contributed by atoms with Gasteiger partial charge in [-0.25, -0.2) is 9.93 Å². The number of esters is 1. The molecule has 0 aliphatic heterocycles. The van der Waals surface area contributed by atoms with E-state index in [9.17, 15) is 13.2 Å². The zero-order valence-corrected chi connectivity index (χ0v) is 10.2. The van der Waals surface area contributed by atoms with Gasteiger partial charge in [-0.15, -0.1) is 0 Å². The third kappa shape index (κ3) is 4.83. The van der Waals surface area contributed by atoms with Crippen molar-refractivity contribution in [3.05, 3.63) is 29.8 Å². The van der Waals surface area contributed by atoms with Crippen molar-refractivity contribution in [2.75, 3.05) is 11.3 Å². The highest BCUT2D eigenvalue weighted by atomic mass is 32.2. The van der Waals surface area contributed by atoms with E-state index >= 15 is 0 Å². The third-order valence-electron chi connectivity index (χ3n) is 1.82. The molecule has 17 heavy (non-hydrogen) atoms. The SMILES string of the molecule is CCCOC(=O)c1ccc(NS(N)(=O)=O)cc1. The van der Waals surface area contributed by atoms with Gasteiger partial charge >= 0.3 is 5.97 Å². The predicted molar refractivity (Wildman–Crippen MR) is 63.7 cm³/mol. The Kier molecular flexibility index (Phi) is 4.47. The molecule has 0 fully saturated rings. The van der Waals surface area contributed by atoms with Crippen LogP contribution in [-0.2, 0) is 14.9 Å². The number of nitrogens with one attached hydrogen (secondary N) is 1. The van der Waals surface area contributed by atoms with Crippen molar-refractivity contribution < 1.29 is 17.9 Å². The second-order valence-electron chi connectivity index (χ2n) is 3.36. The minimum atomic E-state index is -3.79. The summed E-state index contributed by atoms with van der Waals surface area (Å²) in [5, 5.41) is 4.80. The molecule has 0 atom stereocenters. The Balaban J connectivity index is 2.71. The smallest absolute Gasteiger partial charge is 0.338 e. The number of carbonyl (C=O) groups is 1. The Bertz CT molecular complexity index is 482. The first-order valence-corrected chi connectivity index (χ1v) is 6.54. The Morgan fingerprint density at radius 1 is 1.35 bits per heavy atom. The summed E-state index contributed by atoms with van der Waals surface area (Å²) in [4.78, 5) is 11.4. The summed E-state index contributed by atoms with van der Waals surface area (Å²) in [6.45, 7) is 2.25. The molecule has 0 aliphatic carbocycles. The fraction of sp³-hybridized carbons (Fsp3) is 0.300. The second-order valence-corrected chi connectivity index (χ2v) is 4.65. The summed E-state index contributed by atoms with van der Waals surface area (Å²) < 4.78 is 28.5. The number of rotatable bonds is 5. The Morgan fingerprint density at radius 2 is 1.94 bits per heavy atom. The quantitative estimate of drug-likeness (QED) is 0.765. The highest BCUT2D eigenvalue weighted by molar-refractivity contribution is 7.90. The van der Waals surface area contributed by atoms with Crippen molar-refractivity contribution in [1.29, 1.82) is 0 Å². The number of hydrogen-bond acceptors (Lipinski definition) is 4. The number of ether oxygens (including phenoxy) is 1. The van der Waals surface area contributed by atoms with Crippen molar-refractivity contribution in [1.82, 2.24) is 0 Å². The summed E-state index contributed by atoms with van der Waals surface area (Å²) in [5.41, 5.74) is 0.651. The van der Waals surface area contributed by atoms with Crippen molar-refractivity contribution in [3.8, 4) is 0 Å². The first-order valence-electron chi connectivity index (χ1n) is 5.00. The van der Waals surface area contributed by atoms with Gasteiger partial charge in [-0.3, -0.25) is 4.72 Å². The Labute approximate surface area is 100.0 Å². The molecule has 0 aliphatic rings. The van der Waals surface area contributed by atoms with Gasteiger partial charge in [-0.1, -0.05) is 6.92 Å². The lowest BCUT2D eigenvalue weighted by atomic mass is 10.2. The van der Waals surface area contributed by atoms with E-state index in [-0.39, 0.29) is 0 Å². The summed E-state index contributed by atoms with van der Waals surface area (Å²) >= 11 is 0. The molecule has 0 amide bonds. The van der Waals surface area contributed by atoms with Gasteiger partial charge in [0.2, 0.25) is 0 Å². The molecule has 7 heteroatoms. The summed E-state index contributed by atoms with van der Waals surface area (Å²) in [6.07, 6.45) is 0.747. The molecule has 6 nitrogen and oxygen atoms in total. The predicted octanol–water partition coefficient (Wildman–Crippen LogP) is 0.869. The molecule has 1 aromatic rings. The second kappa shape index (κ2) is 5.65. The molecule has 3 N–H and O–H groups in total. The van der Waals surface area contributed by atoms with Crippen LogP contribution in [0.5, 0.6) is 0 Å². The lowest BCUT2D eigenvalue weighted by Crippen LogP contribution is -2.21. The molecule has 0 aromatic heterocycles. The van der Waals surface area contributed by atoms with E-state index in [0.717, 1.165) is 6.42 Å². The van der Waals surface area contributed by atoms with Crippen LogP contribution in [0.4, 0.5) is 5.69 Å². The van der Waals surface area contributed by atoms with Crippen LogP contribution in [0.2, 0.25) is 0 Å². The van der Waals surface area contributed by atoms with Crippen LogP contribution in [0.3, 0.4) is 0 Å². The third-order valence-corrected chi connectivity index (χ3v) is 2.34. The van der Waals surface area contributed by atoms with Gasteiger partial charge in [-0.05, 0) is 30.7 Å². The summed E-state index contributed by atoms with van der Waals surface area (Å²) in [6, 6.07) is 5.80. The van der Waals surface area contributed by atoms with E-state index in [2.05, 4.69) is 4.72 Å².